The summed E-state index contributed by atoms with van der Waals surface area (Å²) in [5.41, 5.74) is 7.62. The molecule has 0 unspecified atom stereocenters. The fourth-order valence-electron chi connectivity index (χ4n) is 2.60. The number of nitrogens with zero attached hydrogens (tertiary/aromatic N) is 3. The second kappa shape index (κ2) is 5.24. The molecule has 100 valence electrons. The number of rotatable bonds is 3. The van der Waals surface area contributed by atoms with Crippen LogP contribution < -0.4 is 10.6 Å². The number of aryl methyl sites for hydroxylation is 2. The van der Waals surface area contributed by atoms with Crippen molar-refractivity contribution in [2.75, 3.05) is 25.1 Å². The fraction of sp³-hybridized carbons (Fsp3) is 0.667. The first-order valence-corrected chi connectivity index (χ1v) is 6.56. The Kier molecular flexibility index (Phi) is 3.87. The number of methoxy groups -OCH3 is 1. The van der Waals surface area contributed by atoms with Crippen molar-refractivity contribution < 1.29 is 4.74 Å². The van der Waals surface area contributed by atoms with Gasteiger partial charge in [-0.3, -0.25) is 4.68 Å². The van der Waals surface area contributed by atoms with E-state index in [1.54, 1.807) is 7.11 Å². The molecule has 0 atom stereocenters. The van der Waals surface area contributed by atoms with Gasteiger partial charge < -0.3 is 15.4 Å². The quantitative estimate of drug-likeness (QED) is 0.828. The first kappa shape index (κ1) is 13.3. The SMILES string of the molecule is COC1CCN(c2c(C(N)=S)c(C)nn2C)CC1. The molecule has 0 spiro atoms. The van der Waals surface area contributed by atoms with Gasteiger partial charge in [0, 0.05) is 27.2 Å². The molecule has 1 aliphatic rings. The van der Waals surface area contributed by atoms with E-state index < -0.39 is 0 Å². The van der Waals surface area contributed by atoms with E-state index in [2.05, 4.69) is 10.00 Å². The first-order chi connectivity index (χ1) is 8.54. The van der Waals surface area contributed by atoms with Crippen LogP contribution in [0.2, 0.25) is 0 Å². The van der Waals surface area contributed by atoms with E-state index in [4.69, 9.17) is 22.7 Å². The highest BCUT2D eigenvalue weighted by Gasteiger charge is 2.25. The summed E-state index contributed by atoms with van der Waals surface area (Å²) in [6, 6.07) is 0. The van der Waals surface area contributed by atoms with E-state index >= 15 is 0 Å². The van der Waals surface area contributed by atoms with Crippen molar-refractivity contribution in [1.82, 2.24) is 9.78 Å². The molecule has 1 saturated heterocycles. The zero-order valence-electron chi connectivity index (χ0n) is 11.1. The molecule has 0 bridgehead atoms. The standard InChI is InChI=1S/C12H20N4OS/c1-8-10(11(13)18)12(15(2)14-8)16-6-4-9(17-3)5-7-16/h9H,4-7H2,1-3H3,(H2,13,18). The maximum Gasteiger partial charge on any atom is 0.137 e. The van der Waals surface area contributed by atoms with E-state index in [1.807, 2.05) is 18.7 Å². The Labute approximate surface area is 113 Å². The minimum absolute atomic E-state index is 0.365. The molecule has 0 aromatic carbocycles. The Morgan fingerprint density at radius 2 is 2.06 bits per heavy atom. The summed E-state index contributed by atoms with van der Waals surface area (Å²) in [4.78, 5) is 2.72. The van der Waals surface area contributed by atoms with Gasteiger partial charge in [0.2, 0.25) is 0 Å². The second-order valence-corrected chi connectivity index (χ2v) is 5.13. The van der Waals surface area contributed by atoms with Crippen LogP contribution in [0.3, 0.4) is 0 Å². The Morgan fingerprint density at radius 1 is 1.44 bits per heavy atom. The summed E-state index contributed by atoms with van der Waals surface area (Å²) in [5, 5.41) is 4.42. The van der Waals surface area contributed by atoms with Crippen molar-refractivity contribution in [2.24, 2.45) is 12.8 Å². The van der Waals surface area contributed by atoms with Gasteiger partial charge in [0.05, 0.1) is 17.4 Å². The van der Waals surface area contributed by atoms with Gasteiger partial charge in [-0.2, -0.15) is 5.10 Å². The molecule has 0 amide bonds. The van der Waals surface area contributed by atoms with Gasteiger partial charge in [0.25, 0.3) is 0 Å². The molecule has 1 aromatic rings. The largest absolute Gasteiger partial charge is 0.389 e. The number of anilines is 1. The summed E-state index contributed by atoms with van der Waals surface area (Å²) in [6.07, 6.45) is 2.42. The van der Waals surface area contributed by atoms with Crippen LogP contribution in [0.4, 0.5) is 5.82 Å². The maximum absolute atomic E-state index is 5.82. The Hall–Kier alpha value is -1.14. The fourth-order valence-corrected chi connectivity index (χ4v) is 2.84. The van der Waals surface area contributed by atoms with Crippen LogP contribution in [-0.4, -0.2) is 41.1 Å². The number of piperidine rings is 1. The van der Waals surface area contributed by atoms with Crippen molar-refractivity contribution >= 4 is 23.0 Å². The van der Waals surface area contributed by atoms with Crippen molar-refractivity contribution in [2.45, 2.75) is 25.9 Å². The third kappa shape index (κ3) is 2.35. The average molecular weight is 268 g/mol. The average Bonchev–Trinajstić information content (AvgIpc) is 2.64. The van der Waals surface area contributed by atoms with E-state index in [-0.39, 0.29) is 0 Å². The summed E-state index contributed by atoms with van der Waals surface area (Å²) in [6.45, 7) is 3.85. The molecule has 0 saturated carbocycles. The number of thiocarbonyl (C=S) groups is 1. The van der Waals surface area contributed by atoms with Crippen LogP contribution in [0, 0.1) is 6.92 Å². The number of hydrogen-bond acceptors (Lipinski definition) is 4. The van der Waals surface area contributed by atoms with Gasteiger partial charge in [0.15, 0.2) is 0 Å². The number of ether oxygens (including phenoxy) is 1. The highest BCUT2D eigenvalue weighted by Crippen LogP contribution is 2.26. The highest BCUT2D eigenvalue weighted by molar-refractivity contribution is 7.80. The molecule has 0 radical (unpaired) electrons. The number of aromatic nitrogens is 2. The van der Waals surface area contributed by atoms with Gasteiger partial charge in [0.1, 0.15) is 10.8 Å². The van der Waals surface area contributed by atoms with Crippen molar-refractivity contribution in [3.05, 3.63) is 11.3 Å². The predicted octanol–water partition coefficient (Wildman–Crippen LogP) is 0.978. The van der Waals surface area contributed by atoms with Crippen LogP contribution in [0.1, 0.15) is 24.1 Å². The maximum atomic E-state index is 5.82. The van der Waals surface area contributed by atoms with Crippen LogP contribution in [0.15, 0.2) is 0 Å². The zero-order chi connectivity index (χ0) is 13.3. The van der Waals surface area contributed by atoms with Crippen molar-refractivity contribution in [3.8, 4) is 0 Å². The summed E-state index contributed by atoms with van der Waals surface area (Å²) >= 11 is 5.14. The van der Waals surface area contributed by atoms with Gasteiger partial charge in [-0.05, 0) is 19.8 Å². The number of nitrogens with two attached hydrogens (primary N) is 1. The van der Waals surface area contributed by atoms with Gasteiger partial charge in [-0.1, -0.05) is 12.2 Å². The molecule has 2 rings (SSSR count). The molecule has 1 aliphatic heterocycles. The van der Waals surface area contributed by atoms with E-state index in [1.165, 1.54) is 0 Å². The summed E-state index contributed by atoms with van der Waals surface area (Å²) in [5.74, 6) is 1.04. The third-order valence-electron chi connectivity index (χ3n) is 3.51. The lowest BCUT2D eigenvalue weighted by molar-refractivity contribution is 0.0816. The second-order valence-electron chi connectivity index (χ2n) is 4.69. The lowest BCUT2D eigenvalue weighted by Crippen LogP contribution is -2.38. The first-order valence-electron chi connectivity index (χ1n) is 6.15. The third-order valence-corrected chi connectivity index (χ3v) is 3.72. The lowest BCUT2D eigenvalue weighted by Gasteiger charge is -2.33. The molecule has 0 aliphatic carbocycles. The minimum atomic E-state index is 0.365. The van der Waals surface area contributed by atoms with Crippen LogP contribution >= 0.6 is 12.2 Å². The normalized spacial score (nSPS) is 17.2. The van der Waals surface area contributed by atoms with E-state index in [0.29, 0.717) is 11.1 Å². The predicted molar refractivity (Wildman–Crippen MR) is 76.1 cm³/mol. The smallest absolute Gasteiger partial charge is 0.137 e. The Bertz CT molecular complexity index is 449. The van der Waals surface area contributed by atoms with Gasteiger partial charge >= 0.3 is 0 Å². The topological polar surface area (TPSA) is 56.3 Å². The molecule has 2 heterocycles. The van der Waals surface area contributed by atoms with Gasteiger partial charge in [-0.25, -0.2) is 0 Å². The molecule has 1 aromatic heterocycles. The summed E-state index contributed by atoms with van der Waals surface area (Å²) < 4.78 is 7.26. The Morgan fingerprint density at radius 3 is 2.56 bits per heavy atom. The lowest BCUT2D eigenvalue weighted by atomic mass is 10.1. The molecule has 2 N–H and O–H groups in total. The molecule has 6 heteroatoms. The minimum Gasteiger partial charge on any atom is -0.389 e. The zero-order valence-corrected chi connectivity index (χ0v) is 12.0. The summed E-state index contributed by atoms with van der Waals surface area (Å²) in [7, 11) is 3.71. The van der Waals surface area contributed by atoms with Crippen LogP contribution in [0.25, 0.3) is 0 Å². The Balaban J connectivity index is 2.26. The number of hydrogen-bond donors (Lipinski definition) is 1. The van der Waals surface area contributed by atoms with Crippen LogP contribution in [0.5, 0.6) is 0 Å². The monoisotopic (exact) mass is 268 g/mol. The molecule has 18 heavy (non-hydrogen) atoms. The molecule has 5 nitrogen and oxygen atoms in total. The van der Waals surface area contributed by atoms with Crippen LogP contribution in [-0.2, 0) is 11.8 Å². The molecule has 1 fully saturated rings. The van der Waals surface area contributed by atoms with Crippen molar-refractivity contribution in [3.63, 3.8) is 0 Å². The molecular formula is C12H20N4OS. The highest BCUT2D eigenvalue weighted by atomic mass is 32.1. The van der Waals surface area contributed by atoms with E-state index in [9.17, 15) is 0 Å². The molecular weight excluding hydrogens is 248 g/mol. The van der Waals surface area contributed by atoms with E-state index in [0.717, 1.165) is 43.0 Å². The van der Waals surface area contributed by atoms with Crippen molar-refractivity contribution in [1.29, 1.82) is 0 Å². The van der Waals surface area contributed by atoms with Gasteiger partial charge in [-0.15, -0.1) is 0 Å².